The van der Waals surface area contributed by atoms with Gasteiger partial charge in [-0.2, -0.15) is 0 Å². The zero-order chi connectivity index (χ0) is 11.2. The Morgan fingerprint density at radius 2 is 1.93 bits per heavy atom. The van der Waals surface area contributed by atoms with Crippen molar-refractivity contribution in [1.82, 2.24) is 0 Å². The van der Waals surface area contributed by atoms with Crippen molar-refractivity contribution in [2.45, 2.75) is 37.2 Å². The maximum absolute atomic E-state index is 13.2. The Labute approximate surface area is 87.0 Å². The first-order valence-electron chi connectivity index (χ1n) is 5.22. The van der Waals surface area contributed by atoms with Crippen molar-refractivity contribution in [3.05, 3.63) is 0 Å². The maximum atomic E-state index is 13.2. The van der Waals surface area contributed by atoms with Crippen LogP contribution in [0.1, 0.15) is 25.7 Å². The van der Waals surface area contributed by atoms with Crippen LogP contribution < -0.4 is 0 Å². The van der Waals surface area contributed by atoms with E-state index < -0.39 is 30.0 Å². The summed E-state index contributed by atoms with van der Waals surface area (Å²) in [5.74, 6) is -2.76. The molecular weight excluding hydrogens is 206 g/mol. The van der Waals surface area contributed by atoms with Gasteiger partial charge in [-0.25, -0.2) is 8.78 Å². The van der Waals surface area contributed by atoms with E-state index in [1.807, 2.05) is 0 Å². The highest BCUT2D eigenvalue weighted by Crippen LogP contribution is 2.54. The first-order chi connectivity index (χ1) is 6.93. The van der Waals surface area contributed by atoms with Crippen molar-refractivity contribution in [1.29, 1.82) is 0 Å². The third kappa shape index (κ3) is 1.66. The molecule has 2 unspecified atom stereocenters. The molecule has 5 heteroatoms. The van der Waals surface area contributed by atoms with Gasteiger partial charge in [0, 0.05) is 31.3 Å². The lowest BCUT2D eigenvalue weighted by Gasteiger charge is -2.40. The van der Waals surface area contributed by atoms with Crippen molar-refractivity contribution in [2.75, 3.05) is 19.8 Å². The third-order valence-corrected chi connectivity index (χ3v) is 3.86. The number of alkyl halides is 2. The number of rotatable bonds is 2. The summed E-state index contributed by atoms with van der Waals surface area (Å²) in [6, 6.07) is 0. The van der Waals surface area contributed by atoms with E-state index in [1.54, 1.807) is 0 Å². The average Bonchev–Trinajstić information content (AvgIpc) is 2.72. The SMILES string of the molecule is OCC1(C2(O)CCOC2)CCC(F)(F)C1. The normalized spacial score (nSPS) is 44.8. The third-order valence-electron chi connectivity index (χ3n) is 3.86. The standard InChI is InChI=1S/C10H16F2O3/c11-10(12)2-1-8(5-10,6-13)9(14)3-4-15-7-9/h13-14H,1-7H2. The molecule has 0 aromatic heterocycles. The molecule has 3 nitrogen and oxygen atoms in total. The van der Waals surface area contributed by atoms with Crippen LogP contribution in [0.15, 0.2) is 0 Å². The van der Waals surface area contributed by atoms with Gasteiger partial charge in [0.2, 0.25) is 5.92 Å². The lowest BCUT2D eigenvalue weighted by molar-refractivity contribution is -0.123. The summed E-state index contributed by atoms with van der Waals surface area (Å²) >= 11 is 0. The molecule has 2 rings (SSSR count). The molecule has 2 atom stereocenters. The smallest absolute Gasteiger partial charge is 0.248 e. The van der Waals surface area contributed by atoms with E-state index in [0.717, 1.165) is 0 Å². The van der Waals surface area contributed by atoms with Gasteiger partial charge in [0.1, 0.15) is 0 Å². The first-order valence-corrected chi connectivity index (χ1v) is 5.22. The van der Waals surface area contributed by atoms with Crippen molar-refractivity contribution in [3.63, 3.8) is 0 Å². The zero-order valence-corrected chi connectivity index (χ0v) is 8.51. The summed E-state index contributed by atoms with van der Waals surface area (Å²) in [6.45, 7) is 0.0376. The Morgan fingerprint density at radius 3 is 2.33 bits per heavy atom. The molecule has 0 aromatic carbocycles. The van der Waals surface area contributed by atoms with Gasteiger partial charge in [0.15, 0.2) is 0 Å². The molecule has 0 spiro atoms. The second-order valence-corrected chi connectivity index (χ2v) is 4.81. The molecule has 2 aliphatic rings. The molecule has 2 fully saturated rings. The molecule has 0 amide bonds. The Balaban J connectivity index is 2.23. The van der Waals surface area contributed by atoms with E-state index in [9.17, 15) is 19.0 Å². The van der Waals surface area contributed by atoms with Crippen LogP contribution in [0, 0.1) is 5.41 Å². The minimum atomic E-state index is -2.76. The summed E-state index contributed by atoms with van der Waals surface area (Å²) in [4.78, 5) is 0. The topological polar surface area (TPSA) is 49.7 Å². The van der Waals surface area contributed by atoms with E-state index in [-0.39, 0.29) is 19.4 Å². The van der Waals surface area contributed by atoms with E-state index in [4.69, 9.17) is 4.74 Å². The van der Waals surface area contributed by atoms with Gasteiger partial charge < -0.3 is 14.9 Å². The minimum absolute atomic E-state index is 0.0592. The van der Waals surface area contributed by atoms with Crippen molar-refractivity contribution in [2.24, 2.45) is 5.41 Å². The largest absolute Gasteiger partial charge is 0.396 e. The molecule has 0 aromatic rings. The number of hydrogen-bond acceptors (Lipinski definition) is 3. The summed E-state index contributed by atoms with van der Waals surface area (Å²) in [5.41, 5.74) is -2.35. The highest BCUT2D eigenvalue weighted by Gasteiger charge is 2.60. The average molecular weight is 222 g/mol. The summed E-state index contributed by atoms with van der Waals surface area (Å²) in [7, 11) is 0. The van der Waals surface area contributed by atoms with Crippen molar-refractivity contribution < 1.29 is 23.7 Å². The van der Waals surface area contributed by atoms with Crippen molar-refractivity contribution >= 4 is 0 Å². The maximum Gasteiger partial charge on any atom is 0.248 e. The van der Waals surface area contributed by atoms with Crippen LogP contribution in [0.25, 0.3) is 0 Å². The highest BCUT2D eigenvalue weighted by atomic mass is 19.3. The number of aliphatic hydroxyl groups excluding tert-OH is 1. The van der Waals surface area contributed by atoms with E-state index in [1.165, 1.54) is 0 Å². The second kappa shape index (κ2) is 3.37. The molecule has 1 aliphatic heterocycles. The summed E-state index contributed by atoms with van der Waals surface area (Å²) in [6.07, 6.45) is -0.188. The zero-order valence-electron chi connectivity index (χ0n) is 8.51. The molecule has 0 bridgehead atoms. The number of halogens is 2. The first kappa shape index (κ1) is 11.2. The minimum Gasteiger partial charge on any atom is -0.396 e. The fraction of sp³-hybridized carbons (Fsp3) is 1.00. The van der Waals surface area contributed by atoms with Crippen LogP contribution in [0.4, 0.5) is 8.78 Å². The van der Waals surface area contributed by atoms with E-state index in [0.29, 0.717) is 13.0 Å². The number of aliphatic hydroxyl groups is 2. The van der Waals surface area contributed by atoms with Gasteiger partial charge in [-0.05, 0) is 6.42 Å². The van der Waals surface area contributed by atoms with Gasteiger partial charge in [0.25, 0.3) is 0 Å². The van der Waals surface area contributed by atoms with Gasteiger partial charge in [-0.1, -0.05) is 0 Å². The Kier molecular flexibility index (Phi) is 2.52. The lowest BCUT2D eigenvalue weighted by atomic mass is 9.70. The number of ether oxygens (including phenoxy) is 1. The predicted molar refractivity (Wildman–Crippen MR) is 48.7 cm³/mol. The molecule has 15 heavy (non-hydrogen) atoms. The quantitative estimate of drug-likeness (QED) is 0.731. The predicted octanol–water partition coefficient (Wildman–Crippen LogP) is 0.936. The van der Waals surface area contributed by atoms with Crippen LogP contribution in [-0.2, 0) is 4.74 Å². The molecule has 1 saturated heterocycles. The van der Waals surface area contributed by atoms with Gasteiger partial charge >= 0.3 is 0 Å². The van der Waals surface area contributed by atoms with Crippen LogP contribution in [0.3, 0.4) is 0 Å². The van der Waals surface area contributed by atoms with Crippen LogP contribution in [0.5, 0.6) is 0 Å². The summed E-state index contributed by atoms with van der Waals surface area (Å²) < 4.78 is 31.4. The van der Waals surface area contributed by atoms with Crippen LogP contribution in [0.2, 0.25) is 0 Å². The number of hydrogen-bond donors (Lipinski definition) is 2. The van der Waals surface area contributed by atoms with Crippen molar-refractivity contribution in [3.8, 4) is 0 Å². The highest BCUT2D eigenvalue weighted by molar-refractivity contribution is 5.07. The van der Waals surface area contributed by atoms with E-state index >= 15 is 0 Å². The lowest BCUT2D eigenvalue weighted by Crippen LogP contribution is -2.50. The second-order valence-electron chi connectivity index (χ2n) is 4.81. The van der Waals surface area contributed by atoms with Crippen LogP contribution >= 0.6 is 0 Å². The Morgan fingerprint density at radius 1 is 1.20 bits per heavy atom. The monoisotopic (exact) mass is 222 g/mol. The van der Waals surface area contributed by atoms with Gasteiger partial charge in [0.05, 0.1) is 18.8 Å². The molecule has 1 saturated carbocycles. The van der Waals surface area contributed by atoms with E-state index in [2.05, 4.69) is 0 Å². The fourth-order valence-electron chi connectivity index (χ4n) is 2.75. The molecule has 1 heterocycles. The molecule has 2 N–H and O–H groups in total. The van der Waals surface area contributed by atoms with Gasteiger partial charge in [-0.15, -0.1) is 0 Å². The van der Waals surface area contributed by atoms with Crippen LogP contribution in [-0.4, -0.2) is 41.6 Å². The summed E-state index contributed by atoms with van der Waals surface area (Å²) in [5, 5.41) is 19.6. The molecule has 88 valence electrons. The Bertz CT molecular complexity index is 251. The molecular formula is C10H16F2O3. The molecule has 1 aliphatic carbocycles. The molecule has 0 radical (unpaired) electrons. The van der Waals surface area contributed by atoms with Gasteiger partial charge in [-0.3, -0.25) is 0 Å². The Hall–Kier alpha value is -0.260. The fourth-order valence-corrected chi connectivity index (χ4v) is 2.75.